The van der Waals surface area contributed by atoms with Crippen LogP contribution >= 0.6 is 0 Å². The fourth-order valence-electron chi connectivity index (χ4n) is 3.03. The Hall–Kier alpha value is -1.95. The van der Waals surface area contributed by atoms with Crippen LogP contribution in [0.3, 0.4) is 0 Å². The number of piperidine rings is 1. The number of rotatable bonds is 5. The highest BCUT2D eigenvalue weighted by molar-refractivity contribution is 5.95. The summed E-state index contributed by atoms with van der Waals surface area (Å²) in [7, 11) is 0. The SMILES string of the molecule is CC(=O)c1ccc(N2CCC(NC3CC3)CC2)c([N+](=O)[O-])c1. The molecule has 1 aromatic carbocycles. The Morgan fingerprint density at radius 3 is 2.41 bits per heavy atom. The van der Waals surface area contributed by atoms with Gasteiger partial charge in [-0.2, -0.15) is 0 Å². The van der Waals surface area contributed by atoms with Crippen LogP contribution in [0, 0.1) is 10.1 Å². The van der Waals surface area contributed by atoms with Crippen LogP contribution in [0.5, 0.6) is 0 Å². The van der Waals surface area contributed by atoms with Gasteiger partial charge in [0, 0.05) is 36.8 Å². The summed E-state index contributed by atoms with van der Waals surface area (Å²) in [5, 5.41) is 14.9. The molecule has 0 bridgehead atoms. The van der Waals surface area contributed by atoms with Crippen LogP contribution in [0.1, 0.15) is 43.0 Å². The van der Waals surface area contributed by atoms with E-state index in [9.17, 15) is 14.9 Å². The number of carbonyl (C=O) groups excluding carboxylic acids is 1. The van der Waals surface area contributed by atoms with Crippen molar-refractivity contribution in [1.82, 2.24) is 5.32 Å². The monoisotopic (exact) mass is 303 g/mol. The number of nitrogens with one attached hydrogen (secondary N) is 1. The third-order valence-electron chi connectivity index (χ3n) is 4.46. The number of nitro benzene ring substituents is 1. The van der Waals surface area contributed by atoms with E-state index in [1.165, 1.54) is 25.8 Å². The largest absolute Gasteiger partial charge is 0.366 e. The van der Waals surface area contributed by atoms with Crippen LogP contribution < -0.4 is 10.2 Å². The Kier molecular flexibility index (Phi) is 4.11. The molecule has 0 spiro atoms. The average Bonchev–Trinajstić information content (AvgIpc) is 3.31. The molecule has 0 aromatic heterocycles. The molecular weight excluding hydrogens is 282 g/mol. The van der Waals surface area contributed by atoms with Gasteiger partial charge in [0.05, 0.1) is 4.92 Å². The molecule has 2 fully saturated rings. The van der Waals surface area contributed by atoms with Gasteiger partial charge in [-0.25, -0.2) is 0 Å². The van der Waals surface area contributed by atoms with E-state index >= 15 is 0 Å². The Morgan fingerprint density at radius 2 is 1.86 bits per heavy atom. The number of hydrogen-bond acceptors (Lipinski definition) is 5. The third-order valence-corrected chi connectivity index (χ3v) is 4.46. The highest BCUT2D eigenvalue weighted by Gasteiger charge is 2.29. The molecule has 0 amide bonds. The molecule has 1 saturated heterocycles. The van der Waals surface area contributed by atoms with Crippen molar-refractivity contribution in [2.45, 2.75) is 44.7 Å². The first kappa shape index (κ1) is 15.0. The lowest BCUT2D eigenvalue weighted by molar-refractivity contribution is -0.384. The molecule has 1 aromatic rings. The Bertz CT molecular complexity index is 590. The minimum absolute atomic E-state index is 0.0290. The Balaban J connectivity index is 1.73. The predicted molar refractivity (Wildman–Crippen MR) is 84.5 cm³/mol. The van der Waals surface area contributed by atoms with Crippen molar-refractivity contribution in [3.63, 3.8) is 0 Å². The smallest absolute Gasteiger partial charge is 0.293 e. The van der Waals surface area contributed by atoms with Gasteiger partial charge >= 0.3 is 0 Å². The lowest BCUT2D eigenvalue weighted by atomic mass is 10.0. The second-order valence-corrected chi connectivity index (χ2v) is 6.22. The molecular formula is C16H21N3O3. The number of anilines is 1. The van der Waals surface area contributed by atoms with E-state index in [-0.39, 0.29) is 11.5 Å². The first-order chi connectivity index (χ1) is 10.5. The van der Waals surface area contributed by atoms with Crippen LogP contribution in [-0.4, -0.2) is 35.9 Å². The summed E-state index contributed by atoms with van der Waals surface area (Å²) in [6, 6.07) is 6.01. The van der Waals surface area contributed by atoms with Gasteiger partial charge < -0.3 is 10.2 Å². The highest BCUT2D eigenvalue weighted by Crippen LogP contribution is 2.32. The van der Waals surface area contributed by atoms with Gasteiger partial charge in [0.15, 0.2) is 5.78 Å². The zero-order valence-electron chi connectivity index (χ0n) is 12.7. The van der Waals surface area contributed by atoms with Crippen molar-refractivity contribution in [2.24, 2.45) is 0 Å². The summed E-state index contributed by atoms with van der Waals surface area (Å²) >= 11 is 0. The minimum Gasteiger partial charge on any atom is -0.366 e. The van der Waals surface area contributed by atoms with Crippen molar-refractivity contribution >= 4 is 17.2 Å². The van der Waals surface area contributed by atoms with E-state index < -0.39 is 4.92 Å². The molecule has 6 nitrogen and oxygen atoms in total. The van der Waals surface area contributed by atoms with Gasteiger partial charge in [0.25, 0.3) is 5.69 Å². The third kappa shape index (κ3) is 3.27. The Labute approximate surface area is 129 Å². The number of Topliss-reactive ketones (excluding diaryl/α,β-unsaturated/α-hetero) is 1. The van der Waals surface area contributed by atoms with Crippen molar-refractivity contribution in [3.8, 4) is 0 Å². The van der Waals surface area contributed by atoms with E-state index in [1.807, 2.05) is 0 Å². The first-order valence-electron chi connectivity index (χ1n) is 7.85. The molecule has 1 N–H and O–H groups in total. The van der Waals surface area contributed by atoms with Gasteiger partial charge in [-0.3, -0.25) is 14.9 Å². The Morgan fingerprint density at radius 1 is 1.23 bits per heavy atom. The van der Waals surface area contributed by atoms with Gasteiger partial charge in [-0.1, -0.05) is 0 Å². The van der Waals surface area contributed by atoms with Crippen LogP contribution in [0.4, 0.5) is 11.4 Å². The standard InChI is InChI=1S/C16H21N3O3/c1-11(20)12-2-5-15(16(10-12)19(21)22)18-8-6-14(7-9-18)17-13-3-4-13/h2,5,10,13-14,17H,3-4,6-9H2,1H3. The normalized spacial score (nSPS) is 19.2. The summed E-state index contributed by atoms with van der Waals surface area (Å²) in [4.78, 5) is 24.4. The van der Waals surface area contributed by atoms with Crippen molar-refractivity contribution in [1.29, 1.82) is 0 Å². The maximum atomic E-state index is 11.4. The summed E-state index contributed by atoms with van der Waals surface area (Å²) in [5.74, 6) is -0.151. The lowest BCUT2D eigenvalue weighted by Gasteiger charge is -2.33. The molecule has 6 heteroatoms. The minimum atomic E-state index is -0.393. The zero-order valence-corrected chi connectivity index (χ0v) is 12.7. The van der Waals surface area contributed by atoms with Crippen molar-refractivity contribution in [3.05, 3.63) is 33.9 Å². The number of nitrogens with zero attached hydrogens (tertiary/aromatic N) is 2. The van der Waals surface area contributed by atoms with E-state index in [2.05, 4.69) is 10.2 Å². The van der Waals surface area contributed by atoms with Gasteiger partial charge in [0.2, 0.25) is 0 Å². The summed E-state index contributed by atoms with van der Waals surface area (Å²) in [5.41, 5.74) is 1.04. The van der Waals surface area contributed by atoms with E-state index in [4.69, 9.17) is 0 Å². The van der Waals surface area contributed by atoms with E-state index in [0.29, 0.717) is 23.3 Å². The topological polar surface area (TPSA) is 75.5 Å². The molecule has 1 aliphatic heterocycles. The highest BCUT2D eigenvalue weighted by atomic mass is 16.6. The number of benzene rings is 1. The molecule has 0 radical (unpaired) electrons. The number of carbonyl (C=O) groups is 1. The van der Waals surface area contributed by atoms with Crippen LogP contribution in [-0.2, 0) is 0 Å². The molecule has 3 rings (SSSR count). The number of ketones is 1. The molecule has 118 valence electrons. The summed E-state index contributed by atoms with van der Waals surface area (Å²) < 4.78 is 0. The fraction of sp³-hybridized carbons (Fsp3) is 0.562. The van der Waals surface area contributed by atoms with Gasteiger partial charge in [-0.05, 0) is 44.7 Å². The predicted octanol–water partition coefficient (Wildman–Crippen LogP) is 2.52. The second-order valence-electron chi connectivity index (χ2n) is 6.22. The molecule has 1 heterocycles. The van der Waals surface area contributed by atoms with Gasteiger partial charge in [-0.15, -0.1) is 0 Å². The fourth-order valence-corrected chi connectivity index (χ4v) is 3.03. The van der Waals surface area contributed by atoms with Crippen LogP contribution in [0.2, 0.25) is 0 Å². The van der Waals surface area contributed by atoms with Crippen molar-refractivity contribution < 1.29 is 9.72 Å². The zero-order chi connectivity index (χ0) is 15.7. The molecule has 0 atom stereocenters. The molecule has 2 aliphatic rings. The maximum absolute atomic E-state index is 11.4. The average molecular weight is 303 g/mol. The molecule has 1 saturated carbocycles. The molecule has 1 aliphatic carbocycles. The van der Waals surface area contributed by atoms with E-state index in [0.717, 1.165) is 25.9 Å². The van der Waals surface area contributed by atoms with Crippen LogP contribution in [0.15, 0.2) is 18.2 Å². The second kappa shape index (κ2) is 6.04. The lowest BCUT2D eigenvalue weighted by Crippen LogP contribution is -2.43. The maximum Gasteiger partial charge on any atom is 0.293 e. The van der Waals surface area contributed by atoms with Gasteiger partial charge in [0.1, 0.15) is 5.69 Å². The summed E-state index contributed by atoms with van der Waals surface area (Å²) in [6.45, 7) is 3.04. The van der Waals surface area contributed by atoms with E-state index in [1.54, 1.807) is 12.1 Å². The van der Waals surface area contributed by atoms with Crippen molar-refractivity contribution in [2.75, 3.05) is 18.0 Å². The number of nitro groups is 1. The summed E-state index contributed by atoms with van der Waals surface area (Å²) in [6.07, 6.45) is 4.56. The number of hydrogen-bond donors (Lipinski definition) is 1. The molecule has 0 unspecified atom stereocenters. The van der Waals surface area contributed by atoms with Crippen LogP contribution in [0.25, 0.3) is 0 Å². The molecule has 22 heavy (non-hydrogen) atoms. The first-order valence-corrected chi connectivity index (χ1v) is 7.85. The quantitative estimate of drug-likeness (QED) is 0.514.